The van der Waals surface area contributed by atoms with E-state index in [9.17, 15) is 18.5 Å². The Bertz CT molecular complexity index is 1840. The SMILES string of the molecule is CCCSc1ccc(OC)cc1C1=NCc2n(C)nc(NS(=O)(=O)c3ccc(C)cc3)[n+]2-c2cc([N+](=O)[O-])c(F)cc21.[OH-]. The molecule has 2 N–H and O–H groups in total. The molecule has 0 spiro atoms. The summed E-state index contributed by atoms with van der Waals surface area (Å²) in [5.74, 6) is 0.613. The number of nitro benzene ring substituents is 1. The summed E-state index contributed by atoms with van der Waals surface area (Å²) in [5, 5.41) is 16.2. The number of ether oxygens (including phenoxy) is 1. The van der Waals surface area contributed by atoms with Crippen LogP contribution in [0.5, 0.6) is 5.75 Å². The first-order chi connectivity index (χ1) is 20.0. The number of sulfonamides is 1. The van der Waals surface area contributed by atoms with Crippen molar-refractivity contribution in [1.29, 1.82) is 0 Å². The Balaban J connectivity index is 0.00000423. The molecule has 226 valence electrons. The van der Waals surface area contributed by atoms with E-state index < -0.39 is 26.5 Å². The van der Waals surface area contributed by atoms with E-state index in [2.05, 4.69) is 16.7 Å². The third kappa shape index (κ3) is 6.09. The predicted molar refractivity (Wildman–Crippen MR) is 159 cm³/mol. The van der Waals surface area contributed by atoms with Crippen molar-refractivity contribution >= 4 is 39.1 Å². The van der Waals surface area contributed by atoms with Crippen LogP contribution in [0, 0.1) is 22.9 Å². The summed E-state index contributed by atoms with van der Waals surface area (Å²) < 4.78 is 52.8. The fourth-order valence-electron chi connectivity index (χ4n) is 4.59. The molecule has 4 aromatic rings. The van der Waals surface area contributed by atoms with Crippen molar-refractivity contribution in [2.45, 2.75) is 36.6 Å². The number of methoxy groups -OCH3 is 1. The Labute approximate surface area is 251 Å². The Hall–Kier alpha value is -4.34. The van der Waals surface area contributed by atoms with Crippen LogP contribution in [-0.2, 0) is 23.6 Å². The summed E-state index contributed by atoms with van der Waals surface area (Å²) in [6, 6.07) is 13.9. The molecule has 12 nitrogen and oxygen atoms in total. The van der Waals surface area contributed by atoms with Crippen LogP contribution in [0.4, 0.5) is 16.0 Å². The van der Waals surface area contributed by atoms with Gasteiger partial charge in [-0.2, -0.15) is 22.1 Å². The van der Waals surface area contributed by atoms with Gasteiger partial charge in [0.25, 0.3) is 10.0 Å². The van der Waals surface area contributed by atoms with E-state index >= 15 is 4.39 Å². The average Bonchev–Trinajstić information content (AvgIpc) is 3.15. The molecular weight excluding hydrogens is 599 g/mol. The summed E-state index contributed by atoms with van der Waals surface area (Å²) in [4.78, 5) is 16.7. The van der Waals surface area contributed by atoms with Gasteiger partial charge in [-0.25, -0.2) is 0 Å². The van der Waals surface area contributed by atoms with Gasteiger partial charge in [0.05, 0.1) is 35.8 Å². The molecule has 3 aromatic carbocycles. The van der Waals surface area contributed by atoms with E-state index in [1.54, 1.807) is 37.0 Å². The first-order valence-corrected chi connectivity index (χ1v) is 15.4. The Morgan fingerprint density at radius 2 is 1.88 bits per heavy atom. The molecule has 0 fully saturated rings. The van der Waals surface area contributed by atoms with Gasteiger partial charge in [0, 0.05) is 21.1 Å². The minimum atomic E-state index is -4.10. The zero-order valence-electron chi connectivity index (χ0n) is 23.7. The number of rotatable bonds is 9. The van der Waals surface area contributed by atoms with Crippen LogP contribution in [0.3, 0.4) is 0 Å². The molecular formula is C28H29FN6O6S2. The second kappa shape index (κ2) is 12.5. The maximum atomic E-state index is 15.2. The predicted octanol–water partition coefficient (Wildman–Crippen LogP) is 4.54. The molecule has 0 radical (unpaired) electrons. The standard InChI is InChI=1S/C28H28FN6O5S2.H2O/c1-5-12-41-25-11-8-18(40-4)13-21(25)27-20-14-22(29)24(35(36)37)15-23(20)34-26(16-30-27)33(3)31-28(34)32-42(38,39)19-9-6-17(2)7-10-19;/h6-11,13-15H,5,12,16H2,1-4H3,(H,31,32);1H2/q+1;/p-1. The monoisotopic (exact) mass is 628 g/mol. The normalized spacial score (nSPS) is 12.3. The fraction of sp³-hybridized carbons (Fsp3) is 0.250. The van der Waals surface area contributed by atoms with Crippen LogP contribution in [0.2, 0.25) is 0 Å². The molecule has 0 saturated carbocycles. The number of nitrogens with one attached hydrogen (secondary N) is 1. The summed E-state index contributed by atoms with van der Waals surface area (Å²) in [7, 11) is -0.955. The Morgan fingerprint density at radius 3 is 2.53 bits per heavy atom. The highest BCUT2D eigenvalue weighted by Crippen LogP contribution is 2.34. The average molecular weight is 629 g/mol. The van der Waals surface area contributed by atoms with Crippen molar-refractivity contribution in [3.63, 3.8) is 0 Å². The van der Waals surface area contributed by atoms with Crippen LogP contribution >= 0.6 is 11.8 Å². The molecule has 0 atom stereocenters. The van der Waals surface area contributed by atoms with E-state index in [1.165, 1.54) is 28.5 Å². The minimum Gasteiger partial charge on any atom is -0.870 e. The fourth-order valence-corrected chi connectivity index (χ4v) is 6.47. The first kappa shape index (κ1) is 31.6. The number of benzene rings is 3. The molecule has 0 amide bonds. The zero-order chi connectivity index (χ0) is 30.2. The number of hydrogen-bond acceptors (Lipinski definition) is 9. The largest absolute Gasteiger partial charge is 0.870 e. The van der Waals surface area contributed by atoms with Gasteiger partial charge in [-0.3, -0.25) is 15.1 Å². The molecule has 1 aliphatic rings. The maximum absolute atomic E-state index is 15.2. The highest BCUT2D eigenvalue weighted by molar-refractivity contribution is 7.99. The van der Waals surface area contributed by atoms with Crippen LogP contribution in [0.15, 0.2) is 69.4 Å². The lowest BCUT2D eigenvalue weighted by Crippen LogP contribution is -2.39. The molecule has 43 heavy (non-hydrogen) atoms. The summed E-state index contributed by atoms with van der Waals surface area (Å²) in [5.41, 5.74) is 1.54. The number of hydrogen-bond donors (Lipinski definition) is 1. The van der Waals surface area contributed by atoms with Crippen molar-refractivity contribution < 1.29 is 32.5 Å². The van der Waals surface area contributed by atoms with Crippen molar-refractivity contribution in [3.8, 4) is 11.4 Å². The van der Waals surface area contributed by atoms with Crippen molar-refractivity contribution in [3.05, 3.63) is 93.0 Å². The van der Waals surface area contributed by atoms with Gasteiger partial charge in [0.15, 0.2) is 0 Å². The second-order valence-corrected chi connectivity index (χ2v) is 12.4. The lowest BCUT2D eigenvalue weighted by Gasteiger charge is -2.15. The number of halogens is 1. The minimum absolute atomic E-state index is 0. The summed E-state index contributed by atoms with van der Waals surface area (Å²) in [6.07, 6.45) is 0.914. The number of nitro groups is 1. The van der Waals surface area contributed by atoms with E-state index in [-0.39, 0.29) is 34.1 Å². The van der Waals surface area contributed by atoms with Crippen molar-refractivity contribution in [1.82, 2.24) is 9.78 Å². The number of nitrogens with zero attached hydrogens (tertiary/aromatic N) is 5. The van der Waals surface area contributed by atoms with Gasteiger partial charge < -0.3 is 10.2 Å². The highest BCUT2D eigenvalue weighted by Gasteiger charge is 2.35. The number of anilines is 1. The zero-order valence-corrected chi connectivity index (χ0v) is 25.4. The van der Waals surface area contributed by atoms with E-state index in [4.69, 9.17) is 9.73 Å². The number of fused-ring (bicyclic) bond motifs is 3. The molecule has 0 unspecified atom stereocenters. The quantitative estimate of drug-likeness (QED) is 0.122. The lowest BCUT2D eigenvalue weighted by atomic mass is 9.99. The van der Waals surface area contributed by atoms with Gasteiger partial charge in [0.1, 0.15) is 18.0 Å². The molecule has 5 rings (SSSR count). The third-order valence-corrected chi connectivity index (χ3v) is 9.31. The lowest BCUT2D eigenvalue weighted by molar-refractivity contribution is -0.590. The number of thioether (sulfide) groups is 1. The topological polar surface area (TPSA) is 163 Å². The first-order valence-electron chi connectivity index (χ1n) is 13.0. The van der Waals surface area contributed by atoms with Crippen LogP contribution in [0.25, 0.3) is 5.69 Å². The maximum Gasteiger partial charge on any atom is 0.397 e. The van der Waals surface area contributed by atoms with Gasteiger partial charge in [-0.1, -0.05) is 24.6 Å². The Kier molecular flexibility index (Phi) is 9.18. The molecule has 2 heterocycles. The highest BCUT2D eigenvalue weighted by atomic mass is 32.2. The number of aromatic nitrogens is 3. The smallest absolute Gasteiger partial charge is 0.397 e. The number of aliphatic imine (C=N–C) groups is 1. The van der Waals surface area contributed by atoms with E-state index in [0.717, 1.165) is 34.8 Å². The van der Waals surface area contributed by atoms with Crippen molar-refractivity contribution in [2.24, 2.45) is 12.0 Å². The molecule has 15 heteroatoms. The van der Waals surface area contributed by atoms with Crippen LogP contribution < -0.4 is 14.0 Å². The summed E-state index contributed by atoms with van der Waals surface area (Å²) >= 11 is 1.60. The second-order valence-electron chi connectivity index (χ2n) is 9.57. The van der Waals surface area contributed by atoms with E-state index in [0.29, 0.717) is 22.8 Å². The molecule has 1 aromatic heterocycles. The van der Waals surface area contributed by atoms with Crippen LogP contribution in [0.1, 0.15) is 35.9 Å². The van der Waals surface area contributed by atoms with Crippen molar-refractivity contribution in [2.75, 3.05) is 17.6 Å². The van der Waals surface area contributed by atoms with Gasteiger partial charge in [0.2, 0.25) is 11.6 Å². The van der Waals surface area contributed by atoms with Crippen LogP contribution in [-0.4, -0.2) is 47.2 Å². The molecule has 0 aliphatic carbocycles. The van der Waals surface area contributed by atoms with Gasteiger partial charge in [-0.15, -0.1) is 16.4 Å². The number of aryl methyl sites for hydroxylation is 2. The van der Waals surface area contributed by atoms with Gasteiger partial charge >= 0.3 is 11.6 Å². The molecule has 1 aliphatic heterocycles. The van der Waals surface area contributed by atoms with E-state index in [1.807, 2.05) is 19.1 Å². The molecule has 0 saturated heterocycles. The molecule has 0 bridgehead atoms. The summed E-state index contributed by atoms with van der Waals surface area (Å²) in [6.45, 7) is 3.92. The van der Waals surface area contributed by atoms with Gasteiger partial charge in [-0.05, 0) is 55.5 Å². The Morgan fingerprint density at radius 1 is 1.16 bits per heavy atom. The third-order valence-electron chi connectivity index (χ3n) is 6.69.